The van der Waals surface area contributed by atoms with E-state index in [9.17, 15) is 18.0 Å². The van der Waals surface area contributed by atoms with Crippen molar-refractivity contribution in [2.45, 2.75) is 13.3 Å². The second kappa shape index (κ2) is 8.02. The van der Waals surface area contributed by atoms with Crippen LogP contribution in [0.2, 0.25) is 0 Å². The summed E-state index contributed by atoms with van der Waals surface area (Å²) in [5.41, 5.74) is 2.85. The van der Waals surface area contributed by atoms with Crippen molar-refractivity contribution in [3.05, 3.63) is 78.6 Å². The molecule has 0 atom stereocenters. The Balaban J connectivity index is 1.52. The molecular weight excluding hydrogens is 409 g/mol. The molecule has 0 aliphatic carbocycles. The molecule has 6 nitrogen and oxygen atoms in total. The largest absolute Gasteiger partial charge is 0.573 e. The summed E-state index contributed by atoms with van der Waals surface area (Å²) in [6, 6.07) is 15.7. The molecule has 0 bridgehead atoms. The van der Waals surface area contributed by atoms with Crippen LogP contribution in [-0.4, -0.2) is 21.9 Å². The molecule has 0 radical (unpaired) electrons. The lowest BCUT2D eigenvalue weighted by Crippen LogP contribution is -2.21. The highest BCUT2D eigenvalue weighted by Gasteiger charge is 2.31. The minimum Gasteiger partial charge on any atom is -0.406 e. The molecule has 2 N–H and O–H groups in total. The molecule has 0 fully saturated rings. The highest BCUT2D eigenvalue weighted by atomic mass is 19.4. The van der Waals surface area contributed by atoms with Gasteiger partial charge in [0.1, 0.15) is 5.75 Å². The number of pyridine rings is 1. The van der Waals surface area contributed by atoms with Crippen LogP contribution in [0.1, 0.15) is 5.56 Å². The van der Waals surface area contributed by atoms with E-state index in [2.05, 4.69) is 26.4 Å². The summed E-state index contributed by atoms with van der Waals surface area (Å²) in [7, 11) is 0. The Morgan fingerprint density at radius 3 is 2.55 bits per heavy atom. The van der Waals surface area contributed by atoms with Crippen molar-refractivity contribution in [1.82, 2.24) is 9.55 Å². The van der Waals surface area contributed by atoms with E-state index in [1.165, 1.54) is 12.1 Å². The first-order chi connectivity index (χ1) is 14.8. The number of halogens is 3. The molecule has 158 valence electrons. The van der Waals surface area contributed by atoms with E-state index in [1.807, 2.05) is 35.9 Å². The minimum atomic E-state index is -4.77. The van der Waals surface area contributed by atoms with E-state index in [4.69, 9.17) is 0 Å². The summed E-state index contributed by atoms with van der Waals surface area (Å²) in [4.78, 5) is 16.9. The van der Waals surface area contributed by atoms with E-state index >= 15 is 0 Å². The van der Waals surface area contributed by atoms with Crippen molar-refractivity contribution in [2.24, 2.45) is 0 Å². The molecule has 4 rings (SSSR count). The molecule has 2 heterocycles. The topological polar surface area (TPSA) is 68.2 Å². The van der Waals surface area contributed by atoms with Gasteiger partial charge in [0.15, 0.2) is 5.82 Å². The van der Waals surface area contributed by atoms with E-state index < -0.39 is 12.4 Å². The first kappa shape index (κ1) is 20.3. The van der Waals surface area contributed by atoms with Crippen molar-refractivity contribution >= 4 is 28.3 Å². The van der Waals surface area contributed by atoms with Crippen molar-refractivity contribution < 1.29 is 22.7 Å². The monoisotopic (exact) mass is 426 g/mol. The Morgan fingerprint density at radius 2 is 1.81 bits per heavy atom. The van der Waals surface area contributed by atoms with E-state index in [1.54, 1.807) is 18.3 Å². The van der Waals surface area contributed by atoms with Crippen molar-refractivity contribution in [1.29, 1.82) is 0 Å². The number of benzene rings is 2. The smallest absolute Gasteiger partial charge is 0.406 e. The highest BCUT2D eigenvalue weighted by molar-refractivity contribution is 6.01. The van der Waals surface area contributed by atoms with Gasteiger partial charge in [0.25, 0.3) is 0 Å². The van der Waals surface area contributed by atoms with Gasteiger partial charge in [-0.25, -0.2) is 9.78 Å². The van der Waals surface area contributed by atoms with Gasteiger partial charge in [-0.2, -0.15) is 0 Å². The number of hydrogen-bond acceptors (Lipinski definition) is 3. The van der Waals surface area contributed by atoms with Gasteiger partial charge in [0, 0.05) is 23.5 Å². The number of ether oxygens (including phenoxy) is 1. The van der Waals surface area contributed by atoms with Crippen LogP contribution in [0.3, 0.4) is 0 Å². The van der Waals surface area contributed by atoms with Gasteiger partial charge in [-0.1, -0.05) is 11.6 Å². The zero-order valence-corrected chi connectivity index (χ0v) is 16.3. The molecule has 2 aromatic heterocycles. The number of carbonyl (C=O) groups excluding carboxylic acids is 1. The summed E-state index contributed by atoms with van der Waals surface area (Å²) < 4.78 is 42.5. The van der Waals surface area contributed by atoms with Crippen LogP contribution in [-0.2, 0) is 0 Å². The summed E-state index contributed by atoms with van der Waals surface area (Å²) >= 11 is 0. The second-order valence-corrected chi connectivity index (χ2v) is 6.77. The molecule has 2 amide bonds. The molecule has 4 aromatic rings. The SMILES string of the molecule is Cc1ccc2c(ccn2-c2ncccc2NC(=O)Nc2ccc(OC(F)(F)F)cc2)c1. The third kappa shape index (κ3) is 4.77. The molecule has 0 unspecified atom stereocenters. The molecule has 0 saturated heterocycles. The molecule has 31 heavy (non-hydrogen) atoms. The molecule has 0 spiro atoms. The average molecular weight is 426 g/mol. The van der Waals surface area contributed by atoms with Gasteiger partial charge < -0.3 is 15.4 Å². The zero-order chi connectivity index (χ0) is 22.0. The van der Waals surface area contributed by atoms with Crippen LogP contribution in [0.25, 0.3) is 16.7 Å². The van der Waals surface area contributed by atoms with E-state index in [-0.39, 0.29) is 5.75 Å². The number of amides is 2. The first-order valence-corrected chi connectivity index (χ1v) is 9.25. The lowest BCUT2D eigenvalue weighted by Gasteiger charge is -2.13. The summed E-state index contributed by atoms with van der Waals surface area (Å²) in [5, 5.41) is 6.35. The maximum absolute atomic E-state index is 12.5. The molecule has 0 aliphatic rings. The fourth-order valence-corrected chi connectivity index (χ4v) is 3.16. The highest BCUT2D eigenvalue weighted by Crippen LogP contribution is 2.26. The van der Waals surface area contributed by atoms with E-state index in [0.29, 0.717) is 17.2 Å². The minimum absolute atomic E-state index is 0.305. The summed E-state index contributed by atoms with van der Waals surface area (Å²) in [5.74, 6) is 0.160. The fraction of sp³-hybridized carbons (Fsp3) is 0.0909. The van der Waals surface area contributed by atoms with Crippen LogP contribution >= 0.6 is 0 Å². The Hall–Kier alpha value is -4.01. The van der Waals surface area contributed by atoms with Gasteiger partial charge in [-0.05, 0) is 61.5 Å². The van der Waals surface area contributed by atoms with Gasteiger partial charge in [-0.15, -0.1) is 13.2 Å². The Morgan fingerprint density at radius 1 is 1.03 bits per heavy atom. The van der Waals surface area contributed by atoms with Crippen LogP contribution in [0.5, 0.6) is 5.75 Å². The zero-order valence-electron chi connectivity index (χ0n) is 16.3. The molecule has 9 heteroatoms. The fourth-order valence-electron chi connectivity index (χ4n) is 3.16. The van der Waals surface area contributed by atoms with Crippen molar-refractivity contribution in [3.63, 3.8) is 0 Å². The number of aryl methyl sites for hydroxylation is 1. The second-order valence-electron chi connectivity index (χ2n) is 6.77. The van der Waals surface area contributed by atoms with Gasteiger partial charge in [0.05, 0.1) is 11.2 Å². The quantitative estimate of drug-likeness (QED) is 0.428. The lowest BCUT2D eigenvalue weighted by molar-refractivity contribution is -0.274. The lowest BCUT2D eigenvalue weighted by atomic mass is 10.2. The van der Waals surface area contributed by atoms with Crippen LogP contribution < -0.4 is 15.4 Å². The molecule has 2 aromatic carbocycles. The van der Waals surface area contributed by atoms with Crippen LogP contribution in [0.15, 0.2) is 73.1 Å². The third-order valence-electron chi connectivity index (χ3n) is 4.45. The molecular formula is C22H17F3N4O2. The number of carbonyl (C=O) groups is 1. The first-order valence-electron chi connectivity index (χ1n) is 9.25. The van der Waals surface area contributed by atoms with Crippen LogP contribution in [0, 0.1) is 6.92 Å². The number of rotatable bonds is 4. The van der Waals surface area contributed by atoms with Crippen LogP contribution in [0.4, 0.5) is 29.3 Å². The number of urea groups is 1. The number of nitrogens with one attached hydrogen (secondary N) is 2. The normalized spacial score (nSPS) is 11.4. The predicted molar refractivity (Wildman–Crippen MR) is 112 cm³/mol. The predicted octanol–water partition coefficient (Wildman–Crippen LogP) is 5.88. The maximum Gasteiger partial charge on any atom is 0.573 e. The average Bonchev–Trinajstić information content (AvgIpc) is 3.11. The van der Waals surface area contributed by atoms with E-state index in [0.717, 1.165) is 28.6 Å². The van der Waals surface area contributed by atoms with Gasteiger partial charge in [0.2, 0.25) is 0 Å². The number of anilines is 2. The summed E-state index contributed by atoms with van der Waals surface area (Å²) in [6.07, 6.45) is -1.28. The molecule has 0 saturated carbocycles. The number of alkyl halides is 3. The maximum atomic E-state index is 12.5. The Kier molecular flexibility index (Phi) is 5.24. The van der Waals surface area contributed by atoms with Gasteiger partial charge in [-0.3, -0.25) is 4.57 Å². The Labute approximate surface area is 175 Å². The third-order valence-corrected chi connectivity index (χ3v) is 4.45. The van der Waals surface area contributed by atoms with Crippen molar-refractivity contribution in [2.75, 3.05) is 10.6 Å². The number of hydrogen-bond donors (Lipinski definition) is 2. The number of nitrogens with zero attached hydrogens (tertiary/aromatic N) is 2. The number of aromatic nitrogens is 2. The standard InChI is InChI=1S/C22H17F3N4O2/c1-14-4-9-19-15(13-14)10-12-29(19)20-18(3-2-11-26-20)28-21(30)27-16-5-7-17(8-6-16)31-22(23,24)25/h2-13H,1H3,(H2,27,28,30). The number of fused-ring (bicyclic) bond motifs is 1. The van der Waals surface area contributed by atoms with Crippen molar-refractivity contribution in [3.8, 4) is 11.6 Å². The van der Waals surface area contributed by atoms with Gasteiger partial charge >= 0.3 is 12.4 Å². The summed E-state index contributed by atoms with van der Waals surface area (Å²) in [6.45, 7) is 2.01. The Bertz CT molecular complexity index is 1230. The molecule has 0 aliphatic heterocycles.